The third kappa shape index (κ3) is 11.1. The van der Waals surface area contributed by atoms with Crippen LogP contribution in [0.3, 0.4) is 0 Å². The highest BCUT2D eigenvalue weighted by Crippen LogP contribution is 2.26. The molecule has 3 nitrogen and oxygen atoms in total. The maximum absolute atomic E-state index is 6.54. The quantitative estimate of drug-likeness (QED) is 0.201. The van der Waals surface area contributed by atoms with Gasteiger partial charge in [0.2, 0.25) is 0 Å². The summed E-state index contributed by atoms with van der Waals surface area (Å²) in [7, 11) is -4.38. The van der Waals surface area contributed by atoms with Gasteiger partial charge in [-0.05, 0) is 81.1 Å². The van der Waals surface area contributed by atoms with Gasteiger partial charge in [0, 0.05) is 19.8 Å². The molecule has 0 aromatic heterocycles. The van der Waals surface area contributed by atoms with Crippen molar-refractivity contribution in [1.29, 1.82) is 0 Å². The lowest BCUT2D eigenvalue weighted by atomic mass is 9.99. The van der Waals surface area contributed by atoms with E-state index in [1.54, 1.807) is 0 Å². The summed E-state index contributed by atoms with van der Waals surface area (Å²) in [5.41, 5.74) is 0. The molecular formula is C22H52O3Si3. The lowest BCUT2D eigenvalue weighted by molar-refractivity contribution is 0.194. The maximum atomic E-state index is 6.54. The Morgan fingerprint density at radius 2 is 0.786 bits per heavy atom. The molecule has 0 fully saturated rings. The molecule has 170 valence electrons. The monoisotopic (exact) mass is 448 g/mol. The molecule has 0 bridgehead atoms. The summed E-state index contributed by atoms with van der Waals surface area (Å²) in [6, 6.07) is 7.44. The van der Waals surface area contributed by atoms with Crippen molar-refractivity contribution in [3.63, 3.8) is 0 Å². The topological polar surface area (TPSA) is 27.7 Å². The SMILES string of the molecule is CC[Si](CC)(CC)OCCC(CCO[Si](C)(C)C)CCO[Si](CC)(CC)CC. The van der Waals surface area contributed by atoms with E-state index in [2.05, 4.69) is 61.2 Å². The van der Waals surface area contributed by atoms with Crippen LogP contribution in [-0.2, 0) is 13.3 Å². The van der Waals surface area contributed by atoms with E-state index in [0.29, 0.717) is 5.92 Å². The normalized spacial score (nSPS) is 13.5. The minimum atomic E-state index is -1.47. The highest BCUT2D eigenvalue weighted by molar-refractivity contribution is 6.74. The first-order valence-corrected chi connectivity index (χ1v) is 20.5. The minimum absolute atomic E-state index is 0.658. The molecule has 28 heavy (non-hydrogen) atoms. The lowest BCUT2D eigenvalue weighted by Gasteiger charge is -2.31. The van der Waals surface area contributed by atoms with Crippen LogP contribution in [0.2, 0.25) is 55.9 Å². The highest BCUT2D eigenvalue weighted by Gasteiger charge is 2.30. The summed E-state index contributed by atoms with van der Waals surface area (Å²) >= 11 is 0. The first-order chi connectivity index (χ1) is 13.1. The van der Waals surface area contributed by atoms with Crippen LogP contribution in [0.25, 0.3) is 0 Å². The van der Waals surface area contributed by atoms with Gasteiger partial charge in [-0.1, -0.05) is 41.5 Å². The number of hydrogen-bond donors (Lipinski definition) is 0. The molecule has 0 heterocycles. The molecule has 0 aliphatic heterocycles. The molecule has 0 aromatic rings. The number of hydrogen-bond acceptors (Lipinski definition) is 3. The molecule has 0 atom stereocenters. The smallest absolute Gasteiger partial charge is 0.191 e. The zero-order valence-electron chi connectivity index (χ0n) is 20.8. The lowest BCUT2D eigenvalue weighted by Crippen LogP contribution is -2.37. The Labute approximate surface area is 180 Å². The molecule has 0 aliphatic carbocycles. The summed E-state index contributed by atoms with van der Waals surface area (Å²) in [5, 5.41) is 0. The van der Waals surface area contributed by atoms with Gasteiger partial charge in [0.1, 0.15) is 0 Å². The fraction of sp³-hybridized carbons (Fsp3) is 1.00. The largest absolute Gasteiger partial charge is 0.418 e. The molecule has 0 saturated heterocycles. The predicted octanol–water partition coefficient (Wildman–Crippen LogP) is 7.67. The van der Waals surface area contributed by atoms with Crippen molar-refractivity contribution in [2.45, 2.75) is 117 Å². The highest BCUT2D eigenvalue weighted by atomic mass is 28.4. The summed E-state index contributed by atoms with van der Waals surface area (Å²) in [4.78, 5) is 0. The Hall–Kier alpha value is 0.531. The third-order valence-corrected chi connectivity index (χ3v) is 17.2. The Kier molecular flexibility index (Phi) is 14.8. The van der Waals surface area contributed by atoms with Crippen LogP contribution in [0.15, 0.2) is 0 Å². The van der Waals surface area contributed by atoms with Crippen LogP contribution in [0, 0.1) is 5.92 Å². The van der Waals surface area contributed by atoms with Gasteiger partial charge < -0.3 is 13.3 Å². The molecule has 0 aliphatic rings. The van der Waals surface area contributed by atoms with E-state index in [-0.39, 0.29) is 0 Å². The van der Waals surface area contributed by atoms with Crippen molar-refractivity contribution in [2.24, 2.45) is 5.92 Å². The first kappa shape index (κ1) is 28.5. The molecule has 0 saturated carbocycles. The molecule has 6 heteroatoms. The molecule has 0 radical (unpaired) electrons. The average molecular weight is 449 g/mol. The maximum Gasteiger partial charge on any atom is 0.191 e. The summed E-state index contributed by atoms with van der Waals surface area (Å²) in [6.45, 7) is 23.5. The number of rotatable bonds is 18. The zero-order chi connectivity index (χ0) is 21.7. The molecule has 0 N–H and O–H groups in total. The van der Waals surface area contributed by atoms with Gasteiger partial charge in [0.05, 0.1) is 0 Å². The van der Waals surface area contributed by atoms with Crippen LogP contribution in [0.5, 0.6) is 0 Å². The fourth-order valence-corrected chi connectivity index (χ4v) is 10.0. The third-order valence-electron chi connectivity index (χ3n) is 6.80. The van der Waals surface area contributed by atoms with Gasteiger partial charge in [-0.3, -0.25) is 0 Å². The Morgan fingerprint density at radius 3 is 1.04 bits per heavy atom. The van der Waals surface area contributed by atoms with E-state index < -0.39 is 25.0 Å². The summed E-state index contributed by atoms with van der Waals surface area (Å²) in [5.74, 6) is 0.658. The minimum Gasteiger partial charge on any atom is -0.418 e. The zero-order valence-corrected chi connectivity index (χ0v) is 23.8. The van der Waals surface area contributed by atoms with E-state index in [1.165, 1.54) is 36.3 Å². The van der Waals surface area contributed by atoms with Crippen LogP contribution in [0.4, 0.5) is 0 Å². The first-order valence-electron chi connectivity index (χ1n) is 12.1. The molecule has 0 unspecified atom stereocenters. The van der Waals surface area contributed by atoms with E-state index in [9.17, 15) is 0 Å². The summed E-state index contributed by atoms with van der Waals surface area (Å²) in [6.07, 6.45) is 3.47. The second-order valence-electron chi connectivity index (χ2n) is 9.38. The Morgan fingerprint density at radius 1 is 0.500 bits per heavy atom. The molecule has 0 amide bonds. The molecule has 0 rings (SSSR count). The van der Waals surface area contributed by atoms with Crippen molar-refractivity contribution in [1.82, 2.24) is 0 Å². The van der Waals surface area contributed by atoms with Gasteiger partial charge in [0.25, 0.3) is 0 Å². The van der Waals surface area contributed by atoms with Crippen molar-refractivity contribution >= 4 is 25.0 Å². The van der Waals surface area contributed by atoms with E-state index in [1.807, 2.05) is 0 Å². The summed E-state index contributed by atoms with van der Waals surface area (Å²) < 4.78 is 19.2. The van der Waals surface area contributed by atoms with Gasteiger partial charge in [-0.15, -0.1) is 0 Å². The van der Waals surface area contributed by atoms with Gasteiger partial charge in [-0.2, -0.15) is 0 Å². The van der Waals surface area contributed by atoms with Gasteiger partial charge >= 0.3 is 0 Å². The van der Waals surface area contributed by atoms with Crippen LogP contribution in [0.1, 0.15) is 60.8 Å². The molecule has 0 spiro atoms. The fourth-order valence-electron chi connectivity index (χ4n) is 3.96. The molecular weight excluding hydrogens is 396 g/mol. The second kappa shape index (κ2) is 14.5. The van der Waals surface area contributed by atoms with Crippen molar-refractivity contribution in [2.75, 3.05) is 19.8 Å². The van der Waals surface area contributed by atoms with Crippen LogP contribution >= 0.6 is 0 Å². The standard InChI is InChI=1S/C22H52O3Si3/c1-10-27(11-2,12-3)24-20-17-22(16-19-23-26(7,8)9)18-21-25-28(13-4,14-5)15-6/h22H,10-21H2,1-9H3. The van der Waals surface area contributed by atoms with E-state index >= 15 is 0 Å². The molecule has 0 aromatic carbocycles. The van der Waals surface area contributed by atoms with E-state index in [4.69, 9.17) is 13.3 Å². The van der Waals surface area contributed by atoms with Gasteiger partial charge in [-0.25, -0.2) is 0 Å². The second-order valence-corrected chi connectivity index (χ2v) is 23.4. The van der Waals surface area contributed by atoms with Crippen molar-refractivity contribution in [3.8, 4) is 0 Å². The van der Waals surface area contributed by atoms with Gasteiger partial charge in [0.15, 0.2) is 25.0 Å². The van der Waals surface area contributed by atoms with Crippen molar-refractivity contribution in [3.05, 3.63) is 0 Å². The van der Waals surface area contributed by atoms with Crippen molar-refractivity contribution < 1.29 is 13.3 Å². The predicted molar refractivity (Wildman–Crippen MR) is 133 cm³/mol. The van der Waals surface area contributed by atoms with Crippen LogP contribution in [-0.4, -0.2) is 44.8 Å². The Bertz CT molecular complexity index is 335. The average Bonchev–Trinajstić information content (AvgIpc) is 2.68. The Balaban J connectivity index is 4.69. The van der Waals surface area contributed by atoms with Crippen LogP contribution < -0.4 is 0 Å². The van der Waals surface area contributed by atoms with E-state index in [0.717, 1.165) is 39.1 Å².